The van der Waals surface area contributed by atoms with Gasteiger partial charge in [0.15, 0.2) is 0 Å². The van der Waals surface area contributed by atoms with Crippen molar-refractivity contribution < 1.29 is 9.59 Å². The number of aromatic amines is 1. The molecule has 5 rings (SSSR count). The Balaban J connectivity index is 1.65. The number of imide groups is 1. The quantitative estimate of drug-likeness (QED) is 0.523. The molecule has 0 fully saturated rings. The summed E-state index contributed by atoms with van der Waals surface area (Å²) in [6, 6.07) is 13.7. The average molecular weight is 385 g/mol. The minimum Gasteiger partial charge on any atom is -0.277 e. The number of fused-ring (bicyclic) bond motifs is 2. The van der Waals surface area contributed by atoms with Crippen LogP contribution in [0.1, 0.15) is 15.9 Å². The van der Waals surface area contributed by atoms with Crippen molar-refractivity contribution in [2.24, 2.45) is 0 Å². The van der Waals surface area contributed by atoms with Gasteiger partial charge in [-0.3, -0.25) is 19.6 Å². The molecule has 3 heterocycles. The summed E-state index contributed by atoms with van der Waals surface area (Å²) in [6.45, 7) is 3.75. The zero-order valence-corrected chi connectivity index (χ0v) is 15.6. The molecule has 0 saturated heterocycles. The predicted octanol–water partition coefficient (Wildman–Crippen LogP) is 4.63. The Labute approximate surface area is 164 Å². The van der Waals surface area contributed by atoms with Gasteiger partial charge in [-0.15, -0.1) is 0 Å². The standard InChI is InChI=1S/C22H15N3O2S/c1-2-20(26)25-11-18-15(4-3-5-16(18)22(25)27)13-6-7-19-17(10-13)21(24-23-19)14-8-9-28-12-14/h2-10,12H,1,11H2,(H,23,24). The molecular formula is C22H15N3O2S. The van der Waals surface area contributed by atoms with Gasteiger partial charge in [0.05, 0.1) is 12.1 Å². The normalized spacial score (nSPS) is 13.1. The van der Waals surface area contributed by atoms with Gasteiger partial charge in [0.1, 0.15) is 5.69 Å². The lowest BCUT2D eigenvalue weighted by molar-refractivity contribution is -0.123. The molecule has 2 aromatic carbocycles. The second kappa shape index (κ2) is 6.28. The van der Waals surface area contributed by atoms with Crippen LogP contribution in [0.3, 0.4) is 0 Å². The molecular weight excluding hydrogens is 370 g/mol. The number of hydrogen-bond acceptors (Lipinski definition) is 4. The molecule has 0 bridgehead atoms. The molecule has 0 aliphatic carbocycles. The molecule has 0 unspecified atom stereocenters. The molecule has 0 saturated carbocycles. The third kappa shape index (κ3) is 2.42. The summed E-state index contributed by atoms with van der Waals surface area (Å²) >= 11 is 1.63. The molecule has 0 spiro atoms. The Morgan fingerprint density at radius 1 is 1.18 bits per heavy atom. The summed E-state index contributed by atoms with van der Waals surface area (Å²) in [5.41, 5.74) is 6.31. The summed E-state index contributed by atoms with van der Waals surface area (Å²) in [5.74, 6) is -0.651. The van der Waals surface area contributed by atoms with Crippen LogP contribution in [-0.4, -0.2) is 26.9 Å². The summed E-state index contributed by atoms with van der Waals surface area (Å²) in [6.07, 6.45) is 1.17. The first-order valence-electron chi connectivity index (χ1n) is 8.78. The Morgan fingerprint density at radius 3 is 2.82 bits per heavy atom. The van der Waals surface area contributed by atoms with E-state index in [1.54, 1.807) is 17.4 Å². The average Bonchev–Trinajstić information content (AvgIpc) is 3.45. The number of H-pyrrole nitrogens is 1. The number of carbonyl (C=O) groups is 2. The number of amides is 2. The van der Waals surface area contributed by atoms with E-state index >= 15 is 0 Å². The highest BCUT2D eigenvalue weighted by atomic mass is 32.1. The molecule has 6 heteroatoms. The van der Waals surface area contributed by atoms with Crippen molar-refractivity contribution in [3.05, 3.63) is 77.0 Å². The number of aromatic nitrogens is 2. The van der Waals surface area contributed by atoms with Crippen LogP contribution < -0.4 is 0 Å². The van der Waals surface area contributed by atoms with Crippen LogP contribution in [0.2, 0.25) is 0 Å². The van der Waals surface area contributed by atoms with Crippen LogP contribution in [0.25, 0.3) is 33.3 Å². The first kappa shape index (κ1) is 16.6. The van der Waals surface area contributed by atoms with Crippen LogP contribution in [0.4, 0.5) is 0 Å². The number of carbonyl (C=O) groups excluding carboxylic acids is 2. The minimum absolute atomic E-state index is 0.260. The zero-order chi connectivity index (χ0) is 19.3. The van der Waals surface area contributed by atoms with Gasteiger partial charge < -0.3 is 0 Å². The molecule has 0 atom stereocenters. The maximum Gasteiger partial charge on any atom is 0.261 e. The SMILES string of the molecule is C=CC(=O)N1Cc2c(cccc2-c2ccc3[nH]nc(-c4ccsc4)c3c2)C1=O. The molecule has 28 heavy (non-hydrogen) atoms. The van der Waals surface area contributed by atoms with E-state index in [4.69, 9.17) is 0 Å². The number of thiophene rings is 1. The van der Waals surface area contributed by atoms with E-state index in [1.165, 1.54) is 11.0 Å². The molecule has 2 aromatic heterocycles. The minimum atomic E-state index is -0.378. The van der Waals surface area contributed by atoms with Gasteiger partial charge in [-0.05, 0) is 52.4 Å². The fourth-order valence-electron chi connectivity index (χ4n) is 3.69. The van der Waals surface area contributed by atoms with Crippen molar-refractivity contribution in [3.63, 3.8) is 0 Å². The van der Waals surface area contributed by atoms with Crippen molar-refractivity contribution >= 4 is 34.1 Å². The summed E-state index contributed by atoms with van der Waals surface area (Å²) < 4.78 is 0. The van der Waals surface area contributed by atoms with Gasteiger partial charge in [-0.2, -0.15) is 16.4 Å². The fraction of sp³-hybridized carbons (Fsp3) is 0.0455. The third-order valence-corrected chi connectivity index (χ3v) is 5.76. The van der Waals surface area contributed by atoms with Crippen LogP contribution >= 0.6 is 11.3 Å². The zero-order valence-electron chi connectivity index (χ0n) is 14.8. The van der Waals surface area contributed by atoms with Crippen LogP contribution in [0.5, 0.6) is 0 Å². The van der Waals surface area contributed by atoms with Crippen molar-refractivity contribution in [2.75, 3.05) is 0 Å². The van der Waals surface area contributed by atoms with Gasteiger partial charge >= 0.3 is 0 Å². The number of nitrogens with zero attached hydrogens (tertiary/aromatic N) is 2. The van der Waals surface area contributed by atoms with Gasteiger partial charge in [0, 0.05) is 21.9 Å². The largest absolute Gasteiger partial charge is 0.277 e. The Kier molecular flexibility index (Phi) is 3.74. The van der Waals surface area contributed by atoms with Gasteiger partial charge in [-0.25, -0.2) is 0 Å². The maximum absolute atomic E-state index is 12.6. The topological polar surface area (TPSA) is 66.1 Å². The smallest absolute Gasteiger partial charge is 0.261 e. The maximum atomic E-state index is 12.6. The first-order chi connectivity index (χ1) is 13.7. The van der Waals surface area contributed by atoms with E-state index in [2.05, 4.69) is 28.2 Å². The first-order valence-corrected chi connectivity index (χ1v) is 9.73. The van der Waals surface area contributed by atoms with E-state index in [-0.39, 0.29) is 18.4 Å². The molecule has 1 aliphatic rings. The molecule has 0 radical (unpaired) electrons. The number of rotatable bonds is 3. The number of nitrogens with one attached hydrogen (secondary N) is 1. The second-order valence-corrected chi connectivity index (χ2v) is 7.39. The summed E-state index contributed by atoms with van der Waals surface area (Å²) in [7, 11) is 0. The fourth-order valence-corrected chi connectivity index (χ4v) is 4.33. The molecule has 1 aliphatic heterocycles. The second-order valence-electron chi connectivity index (χ2n) is 6.61. The van der Waals surface area contributed by atoms with E-state index in [9.17, 15) is 9.59 Å². The lowest BCUT2D eigenvalue weighted by Crippen LogP contribution is -2.29. The van der Waals surface area contributed by atoms with E-state index in [1.807, 2.05) is 35.7 Å². The Bertz CT molecular complexity index is 1250. The number of hydrogen-bond donors (Lipinski definition) is 1. The van der Waals surface area contributed by atoms with Crippen molar-refractivity contribution in [3.8, 4) is 22.4 Å². The number of benzene rings is 2. The summed E-state index contributed by atoms with van der Waals surface area (Å²) in [4.78, 5) is 25.9. The highest BCUT2D eigenvalue weighted by Gasteiger charge is 2.32. The highest BCUT2D eigenvalue weighted by Crippen LogP contribution is 2.36. The third-order valence-electron chi connectivity index (χ3n) is 5.08. The summed E-state index contributed by atoms with van der Waals surface area (Å²) in [5, 5.41) is 12.7. The van der Waals surface area contributed by atoms with Crippen molar-refractivity contribution in [1.29, 1.82) is 0 Å². The van der Waals surface area contributed by atoms with Gasteiger partial charge in [0.2, 0.25) is 0 Å². The van der Waals surface area contributed by atoms with E-state index < -0.39 is 0 Å². The van der Waals surface area contributed by atoms with E-state index in [0.29, 0.717) is 5.56 Å². The van der Waals surface area contributed by atoms with Crippen molar-refractivity contribution in [2.45, 2.75) is 6.54 Å². The predicted molar refractivity (Wildman–Crippen MR) is 110 cm³/mol. The molecule has 4 aromatic rings. The molecule has 2 amide bonds. The lowest BCUT2D eigenvalue weighted by atomic mass is 9.95. The molecule has 136 valence electrons. The van der Waals surface area contributed by atoms with Crippen LogP contribution in [-0.2, 0) is 11.3 Å². The Hall–Kier alpha value is -3.51. The Morgan fingerprint density at radius 2 is 2.04 bits per heavy atom. The highest BCUT2D eigenvalue weighted by molar-refractivity contribution is 7.08. The molecule has 1 N–H and O–H groups in total. The van der Waals surface area contributed by atoms with Crippen LogP contribution in [0, 0.1) is 0 Å². The van der Waals surface area contributed by atoms with Gasteiger partial charge in [0.25, 0.3) is 11.8 Å². The van der Waals surface area contributed by atoms with Crippen LogP contribution in [0.15, 0.2) is 65.9 Å². The lowest BCUT2D eigenvalue weighted by Gasteiger charge is -2.11. The van der Waals surface area contributed by atoms with E-state index in [0.717, 1.165) is 38.9 Å². The van der Waals surface area contributed by atoms with Gasteiger partial charge in [-0.1, -0.05) is 24.8 Å². The monoisotopic (exact) mass is 385 g/mol. The van der Waals surface area contributed by atoms with Crippen molar-refractivity contribution in [1.82, 2.24) is 15.1 Å². The molecule has 5 nitrogen and oxygen atoms in total.